The Labute approximate surface area is 195 Å². The normalized spacial score (nSPS) is 10.7. The van der Waals surface area contributed by atoms with E-state index < -0.39 is 28.1 Å². The lowest BCUT2D eigenvalue weighted by molar-refractivity contribution is -0.142. The minimum atomic E-state index is -4.03. The van der Waals surface area contributed by atoms with Crippen LogP contribution in [0.25, 0.3) is 0 Å². The summed E-state index contributed by atoms with van der Waals surface area (Å²) in [5.74, 6) is -1.69. The van der Waals surface area contributed by atoms with Crippen molar-refractivity contribution in [3.8, 4) is 11.5 Å². The Morgan fingerprint density at radius 2 is 1.35 bits per heavy atom. The predicted octanol–water partition coefficient (Wildman–Crippen LogP) is 3.87. The molecule has 0 spiro atoms. The van der Waals surface area contributed by atoms with Crippen molar-refractivity contribution in [2.75, 3.05) is 10.6 Å². The van der Waals surface area contributed by atoms with E-state index >= 15 is 0 Å². The van der Waals surface area contributed by atoms with Gasteiger partial charge in [-0.15, -0.1) is 0 Å². The summed E-state index contributed by atoms with van der Waals surface area (Å²) in [6.45, 7) is 0. The van der Waals surface area contributed by atoms with E-state index in [0.717, 1.165) is 0 Å². The number of carbonyl (C=O) groups excluding carboxylic acids is 2. The summed E-state index contributed by atoms with van der Waals surface area (Å²) in [5, 5.41) is 13.7. The highest BCUT2D eigenvalue weighted by molar-refractivity contribution is 7.87. The number of anilines is 2. The number of hydrogen-bond donors (Lipinski definition) is 3. The van der Waals surface area contributed by atoms with Gasteiger partial charge in [0.25, 0.3) is 0 Å². The van der Waals surface area contributed by atoms with E-state index in [0.29, 0.717) is 5.69 Å². The highest BCUT2D eigenvalue weighted by Crippen LogP contribution is 2.23. The van der Waals surface area contributed by atoms with Gasteiger partial charge in [-0.05, 0) is 36.4 Å². The first-order valence-corrected chi connectivity index (χ1v) is 11.3. The molecule has 0 aliphatic rings. The second kappa shape index (κ2) is 11.0. The molecule has 0 atom stereocenters. The highest BCUT2D eigenvalue weighted by atomic mass is 32.2. The molecule has 0 aliphatic heterocycles. The number of carboxylic acids is 1. The number of amides is 2. The zero-order valence-corrected chi connectivity index (χ0v) is 18.4. The average molecular weight is 484 g/mol. The SMILES string of the molecule is O=C(O)CCC(=O)Oc1cccc(NC(=O)Nc2cccc(OS(=O)(=O)c3ccccc3)c2)c1. The number of hydrogen-bond acceptors (Lipinski definition) is 7. The van der Waals surface area contributed by atoms with Gasteiger partial charge in [0, 0.05) is 23.5 Å². The lowest BCUT2D eigenvalue weighted by Gasteiger charge is -2.11. The van der Waals surface area contributed by atoms with Gasteiger partial charge in [-0.3, -0.25) is 9.59 Å². The number of nitrogens with one attached hydrogen (secondary N) is 2. The monoisotopic (exact) mass is 484 g/mol. The van der Waals surface area contributed by atoms with Gasteiger partial charge in [0.2, 0.25) is 0 Å². The maximum atomic E-state index is 12.4. The molecule has 2 amide bonds. The Bertz CT molecular complexity index is 1290. The Kier molecular flexibility index (Phi) is 7.83. The quantitative estimate of drug-likeness (QED) is 0.235. The van der Waals surface area contributed by atoms with Crippen molar-refractivity contribution in [1.82, 2.24) is 0 Å². The molecule has 0 bridgehead atoms. The molecule has 3 aromatic rings. The molecule has 0 saturated heterocycles. The van der Waals surface area contributed by atoms with Crippen molar-refractivity contribution in [3.05, 3.63) is 78.9 Å². The summed E-state index contributed by atoms with van der Waals surface area (Å²) in [6, 6.07) is 18.8. The van der Waals surface area contributed by atoms with Crippen LogP contribution in [-0.2, 0) is 19.7 Å². The molecule has 11 heteroatoms. The summed E-state index contributed by atoms with van der Waals surface area (Å²) in [6.07, 6.45) is -0.638. The molecule has 3 rings (SSSR count). The zero-order valence-electron chi connectivity index (χ0n) is 17.6. The van der Waals surface area contributed by atoms with Gasteiger partial charge in [-0.1, -0.05) is 30.3 Å². The molecule has 0 fully saturated rings. The minimum absolute atomic E-state index is 0.00496. The molecular weight excluding hydrogens is 464 g/mol. The second-order valence-corrected chi connectivity index (χ2v) is 8.40. The van der Waals surface area contributed by atoms with Gasteiger partial charge in [0.1, 0.15) is 16.4 Å². The van der Waals surface area contributed by atoms with E-state index in [1.165, 1.54) is 42.5 Å². The number of benzene rings is 3. The summed E-state index contributed by atoms with van der Waals surface area (Å²) < 4.78 is 34.9. The topological polar surface area (TPSA) is 148 Å². The number of carboxylic acid groups (broad SMARTS) is 1. The molecule has 3 N–H and O–H groups in total. The fraction of sp³-hybridized carbons (Fsp3) is 0.0870. The number of urea groups is 1. The van der Waals surface area contributed by atoms with Gasteiger partial charge < -0.3 is 24.7 Å². The van der Waals surface area contributed by atoms with Crippen LogP contribution in [0.3, 0.4) is 0 Å². The number of esters is 1. The molecule has 0 unspecified atom stereocenters. The first-order valence-electron chi connectivity index (χ1n) is 9.91. The smallest absolute Gasteiger partial charge is 0.339 e. The van der Waals surface area contributed by atoms with Gasteiger partial charge in [0.15, 0.2) is 0 Å². The fourth-order valence-electron chi connectivity index (χ4n) is 2.71. The lowest BCUT2D eigenvalue weighted by Crippen LogP contribution is -2.19. The van der Waals surface area contributed by atoms with Crippen molar-refractivity contribution in [3.63, 3.8) is 0 Å². The number of rotatable bonds is 9. The van der Waals surface area contributed by atoms with Crippen molar-refractivity contribution in [2.24, 2.45) is 0 Å². The maximum absolute atomic E-state index is 12.4. The maximum Gasteiger partial charge on any atom is 0.339 e. The van der Waals surface area contributed by atoms with Crippen molar-refractivity contribution in [2.45, 2.75) is 17.7 Å². The van der Waals surface area contributed by atoms with Crippen LogP contribution in [0.1, 0.15) is 12.8 Å². The molecule has 0 radical (unpaired) electrons. The number of aliphatic carboxylic acids is 1. The van der Waals surface area contributed by atoms with Gasteiger partial charge in [-0.25, -0.2) is 4.79 Å². The predicted molar refractivity (Wildman–Crippen MR) is 122 cm³/mol. The van der Waals surface area contributed by atoms with E-state index in [2.05, 4.69) is 10.6 Å². The van der Waals surface area contributed by atoms with Gasteiger partial charge >= 0.3 is 28.1 Å². The Balaban J connectivity index is 1.60. The lowest BCUT2D eigenvalue weighted by atomic mass is 10.3. The van der Waals surface area contributed by atoms with Crippen molar-refractivity contribution < 1.29 is 36.8 Å². The number of carbonyl (C=O) groups is 3. The van der Waals surface area contributed by atoms with Gasteiger partial charge in [-0.2, -0.15) is 8.42 Å². The second-order valence-electron chi connectivity index (χ2n) is 6.85. The van der Waals surface area contributed by atoms with Crippen LogP contribution in [0.15, 0.2) is 83.8 Å². The van der Waals surface area contributed by atoms with Crippen LogP contribution in [0.5, 0.6) is 11.5 Å². The summed E-state index contributed by atoms with van der Waals surface area (Å²) in [5.41, 5.74) is 0.578. The fourth-order valence-corrected chi connectivity index (χ4v) is 3.65. The van der Waals surface area contributed by atoms with Crippen LogP contribution >= 0.6 is 0 Å². The van der Waals surface area contributed by atoms with E-state index in [-0.39, 0.29) is 34.9 Å². The third-order valence-electron chi connectivity index (χ3n) is 4.20. The molecular formula is C23H20N2O8S. The zero-order chi connectivity index (χ0) is 24.6. The molecule has 34 heavy (non-hydrogen) atoms. The van der Waals surface area contributed by atoms with E-state index in [1.54, 1.807) is 36.4 Å². The van der Waals surface area contributed by atoms with Crippen LogP contribution in [-0.4, -0.2) is 31.5 Å². The van der Waals surface area contributed by atoms with E-state index in [9.17, 15) is 22.8 Å². The van der Waals surface area contributed by atoms with Gasteiger partial charge in [0.05, 0.1) is 12.8 Å². The molecule has 0 heterocycles. The first-order chi connectivity index (χ1) is 16.2. The first kappa shape index (κ1) is 24.3. The Morgan fingerprint density at radius 1 is 0.765 bits per heavy atom. The summed E-state index contributed by atoms with van der Waals surface area (Å²) in [7, 11) is -4.03. The Hall–Kier alpha value is -4.38. The molecule has 0 aromatic heterocycles. The van der Waals surface area contributed by atoms with Crippen LogP contribution in [0.2, 0.25) is 0 Å². The summed E-state index contributed by atoms with van der Waals surface area (Å²) in [4.78, 5) is 34.6. The van der Waals surface area contributed by atoms with E-state index in [4.69, 9.17) is 14.0 Å². The molecule has 0 aliphatic carbocycles. The number of ether oxygens (including phenoxy) is 1. The molecule has 0 saturated carbocycles. The third-order valence-corrected chi connectivity index (χ3v) is 5.46. The van der Waals surface area contributed by atoms with Crippen LogP contribution in [0.4, 0.5) is 16.2 Å². The molecule has 3 aromatic carbocycles. The summed E-state index contributed by atoms with van der Waals surface area (Å²) >= 11 is 0. The van der Waals surface area contributed by atoms with Crippen LogP contribution < -0.4 is 19.6 Å². The van der Waals surface area contributed by atoms with E-state index in [1.807, 2.05) is 0 Å². The molecule has 10 nitrogen and oxygen atoms in total. The minimum Gasteiger partial charge on any atom is -0.481 e. The third kappa shape index (κ3) is 7.35. The largest absolute Gasteiger partial charge is 0.481 e. The van der Waals surface area contributed by atoms with Crippen molar-refractivity contribution >= 4 is 39.5 Å². The Morgan fingerprint density at radius 3 is 1.97 bits per heavy atom. The van der Waals surface area contributed by atoms with Crippen molar-refractivity contribution in [1.29, 1.82) is 0 Å². The average Bonchev–Trinajstić information content (AvgIpc) is 2.78. The standard InChI is InChI=1S/C23H20N2O8S/c26-21(27)12-13-22(28)32-18-8-4-6-16(14-18)24-23(29)25-17-7-5-9-19(15-17)33-34(30,31)20-10-2-1-3-11-20/h1-11,14-15H,12-13H2,(H,26,27)(H2,24,25,29). The van der Waals surface area contributed by atoms with Crippen LogP contribution in [0, 0.1) is 0 Å². The highest BCUT2D eigenvalue weighted by Gasteiger charge is 2.16. The molecule has 176 valence electrons.